The molecule has 4 rings (SSSR count). The summed E-state index contributed by atoms with van der Waals surface area (Å²) in [5.41, 5.74) is 4.68. The van der Waals surface area contributed by atoms with Gasteiger partial charge in [-0.3, -0.25) is 4.81 Å². The molecule has 3 heterocycles. The highest BCUT2D eigenvalue weighted by atomic mass is 16.4. The maximum absolute atomic E-state index is 6.26. The second-order valence-corrected chi connectivity index (χ2v) is 6.41. The van der Waals surface area contributed by atoms with E-state index in [1.165, 1.54) is 22.1 Å². The standard InChI is InChI=1S/C19H20BN2O/c1-13-9-10-17(21(4)12-13)22-19-18(14(2)11-20(22)3)15-7-5-6-8-16(15)23-19/h5-12H,1-4H3/q+1. The molecule has 114 valence electrons. The quantitative estimate of drug-likeness (QED) is 0.494. The fourth-order valence-corrected chi connectivity index (χ4v) is 3.59. The molecule has 1 aliphatic heterocycles. The summed E-state index contributed by atoms with van der Waals surface area (Å²) >= 11 is 0. The van der Waals surface area contributed by atoms with Crippen molar-refractivity contribution >= 4 is 35.1 Å². The molecule has 0 radical (unpaired) electrons. The van der Waals surface area contributed by atoms with Crippen LogP contribution in [0.15, 0.2) is 53.0 Å². The maximum atomic E-state index is 6.26. The van der Waals surface area contributed by atoms with Crippen molar-refractivity contribution in [3.05, 3.63) is 59.7 Å². The van der Waals surface area contributed by atoms with Crippen molar-refractivity contribution in [3.8, 4) is 0 Å². The number of aromatic nitrogens is 1. The molecule has 0 aliphatic carbocycles. The summed E-state index contributed by atoms with van der Waals surface area (Å²) in [6.07, 6.45) is 2.15. The van der Waals surface area contributed by atoms with Crippen molar-refractivity contribution in [2.75, 3.05) is 4.81 Å². The van der Waals surface area contributed by atoms with Crippen LogP contribution in [0, 0.1) is 6.92 Å². The lowest BCUT2D eigenvalue weighted by Gasteiger charge is -2.24. The van der Waals surface area contributed by atoms with E-state index in [4.69, 9.17) is 4.42 Å². The van der Waals surface area contributed by atoms with Crippen LogP contribution < -0.4 is 9.38 Å². The van der Waals surface area contributed by atoms with Gasteiger partial charge in [0.15, 0.2) is 0 Å². The summed E-state index contributed by atoms with van der Waals surface area (Å²) in [6.45, 7) is 6.74. The Bertz CT molecular complexity index is 942. The van der Waals surface area contributed by atoms with Crippen LogP contribution in [-0.4, -0.2) is 6.85 Å². The highest BCUT2D eigenvalue weighted by Crippen LogP contribution is 2.43. The number of pyridine rings is 1. The molecule has 0 saturated heterocycles. The monoisotopic (exact) mass is 303 g/mol. The SMILES string of the molecule is CB1C=C(C)c2c(oc3ccccc23)N1c1ccc(C)c[n+]1C. The fraction of sp³-hybridized carbons (Fsp3) is 0.211. The van der Waals surface area contributed by atoms with E-state index in [9.17, 15) is 0 Å². The molecule has 0 unspecified atom stereocenters. The molecule has 3 nitrogen and oxygen atoms in total. The number of hydrogen-bond acceptors (Lipinski definition) is 2. The van der Waals surface area contributed by atoms with Crippen LogP contribution >= 0.6 is 0 Å². The van der Waals surface area contributed by atoms with E-state index >= 15 is 0 Å². The smallest absolute Gasteiger partial charge is 0.406 e. The third-order valence-corrected chi connectivity index (χ3v) is 4.59. The summed E-state index contributed by atoms with van der Waals surface area (Å²) in [6, 6.07) is 12.6. The summed E-state index contributed by atoms with van der Waals surface area (Å²) in [7, 11) is 2.09. The van der Waals surface area contributed by atoms with E-state index < -0.39 is 0 Å². The van der Waals surface area contributed by atoms with E-state index in [2.05, 4.69) is 73.5 Å². The number of aryl methyl sites for hydroxylation is 2. The van der Waals surface area contributed by atoms with Gasteiger partial charge < -0.3 is 4.42 Å². The lowest BCUT2D eigenvalue weighted by Crippen LogP contribution is -2.43. The predicted octanol–water partition coefficient (Wildman–Crippen LogP) is 4.28. The van der Waals surface area contributed by atoms with Crippen LogP contribution in [-0.2, 0) is 7.05 Å². The number of nitrogens with zero attached hydrogens (tertiary/aromatic N) is 2. The second-order valence-electron chi connectivity index (χ2n) is 6.41. The zero-order valence-corrected chi connectivity index (χ0v) is 14.0. The summed E-state index contributed by atoms with van der Waals surface area (Å²) < 4.78 is 8.42. The third kappa shape index (κ3) is 2.09. The van der Waals surface area contributed by atoms with Crippen molar-refractivity contribution in [2.45, 2.75) is 20.7 Å². The van der Waals surface area contributed by atoms with E-state index in [0.717, 1.165) is 17.3 Å². The van der Waals surface area contributed by atoms with Gasteiger partial charge in [-0.15, -0.1) is 0 Å². The van der Waals surface area contributed by atoms with E-state index in [1.807, 2.05) is 12.1 Å². The molecule has 1 aliphatic rings. The Balaban J connectivity index is 1.99. The molecule has 0 N–H and O–H groups in total. The molecule has 0 fully saturated rings. The minimum Gasteiger partial charge on any atom is -0.423 e. The van der Waals surface area contributed by atoms with E-state index in [-0.39, 0.29) is 6.85 Å². The zero-order chi connectivity index (χ0) is 16.1. The lowest BCUT2D eigenvalue weighted by molar-refractivity contribution is -0.658. The number of fused-ring (bicyclic) bond motifs is 3. The number of hydrogen-bond donors (Lipinski definition) is 0. The van der Waals surface area contributed by atoms with Gasteiger partial charge in [0, 0.05) is 11.5 Å². The van der Waals surface area contributed by atoms with Gasteiger partial charge in [0.2, 0.25) is 0 Å². The molecule has 0 saturated carbocycles. The molecule has 3 aromatic rings. The molecule has 0 bridgehead atoms. The summed E-state index contributed by atoms with van der Waals surface area (Å²) in [4.78, 5) is 2.28. The third-order valence-electron chi connectivity index (χ3n) is 4.59. The number of allylic oxidation sites excluding steroid dienone is 1. The van der Waals surface area contributed by atoms with Gasteiger partial charge in [0.25, 0.3) is 11.7 Å². The van der Waals surface area contributed by atoms with Gasteiger partial charge in [0.1, 0.15) is 5.58 Å². The first-order valence-electron chi connectivity index (χ1n) is 8.02. The van der Waals surface area contributed by atoms with E-state index in [1.54, 1.807) is 0 Å². The van der Waals surface area contributed by atoms with Gasteiger partial charge in [-0.25, -0.2) is 4.57 Å². The van der Waals surface area contributed by atoms with Crippen LogP contribution in [0.4, 0.5) is 11.7 Å². The fourth-order valence-electron chi connectivity index (χ4n) is 3.59. The van der Waals surface area contributed by atoms with Gasteiger partial charge in [-0.2, -0.15) is 0 Å². The van der Waals surface area contributed by atoms with Crippen LogP contribution in [0.25, 0.3) is 16.5 Å². The first-order valence-corrected chi connectivity index (χ1v) is 8.02. The van der Waals surface area contributed by atoms with Gasteiger partial charge in [-0.05, 0) is 43.9 Å². The molecule has 23 heavy (non-hydrogen) atoms. The number of furan rings is 1. The van der Waals surface area contributed by atoms with Gasteiger partial charge >= 0.3 is 6.85 Å². The van der Waals surface area contributed by atoms with Crippen molar-refractivity contribution in [2.24, 2.45) is 7.05 Å². The second kappa shape index (κ2) is 5.02. The maximum Gasteiger partial charge on any atom is 0.406 e. The average Bonchev–Trinajstić information content (AvgIpc) is 2.88. The van der Waals surface area contributed by atoms with E-state index in [0.29, 0.717) is 0 Å². The molecular weight excluding hydrogens is 283 g/mol. The van der Waals surface area contributed by atoms with Crippen molar-refractivity contribution in [1.29, 1.82) is 0 Å². The Kier molecular flexibility index (Phi) is 3.08. The zero-order valence-electron chi connectivity index (χ0n) is 14.0. The van der Waals surface area contributed by atoms with Gasteiger partial charge in [0.05, 0.1) is 18.8 Å². The van der Waals surface area contributed by atoms with Crippen molar-refractivity contribution < 1.29 is 8.98 Å². The lowest BCUT2D eigenvalue weighted by atomic mass is 9.59. The summed E-state index contributed by atoms with van der Waals surface area (Å²) in [5, 5.41) is 1.18. The topological polar surface area (TPSA) is 20.3 Å². The molecular formula is C19H20BN2O+. The van der Waals surface area contributed by atoms with Gasteiger partial charge in [-0.1, -0.05) is 24.2 Å². The Labute approximate surface area is 136 Å². The largest absolute Gasteiger partial charge is 0.423 e. The number of rotatable bonds is 1. The van der Waals surface area contributed by atoms with Crippen LogP contribution in [0.1, 0.15) is 18.1 Å². The number of anilines is 2. The molecule has 0 atom stereocenters. The van der Waals surface area contributed by atoms with Crippen molar-refractivity contribution in [1.82, 2.24) is 0 Å². The molecule has 2 aromatic heterocycles. The van der Waals surface area contributed by atoms with Crippen LogP contribution in [0.3, 0.4) is 0 Å². The van der Waals surface area contributed by atoms with Crippen LogP contribution in [0.2, 0.25) is 6.82 Å². The Morgan fingerprint density at radius 3 is 2.65 bits per heavy atom. The normalized spacial score (nSPS) is 14.2. The Morgan fingerprint density at radius 2 is 1.87 bits per heavy atom. The molecule has 1 aromatic carbocycles. The highest BCUT2D eigenvalue weighted by molar-refractivity contribution is 6.70. The summed E-state index contributed by atoms with van der Waals surface area (Å²) in [5.74, 6) is 4.38. The first kappa shape index (κ1) is 14.1. The molecule has 0 amide bonds. The van der Waals surface area contributed by atoms with Crippen molar-refractivity contribution in [3.63, 3.8) is 0 Å². The number of para-hydroxylation sites is 1. The molecule has 0 spiro atoms. The minimum atomic E-state index is 0.247. The number of benzene rings is 1. The first-order chi connectivity index (χ1) is 11.1. The highest BCUT2D eigenvalue weighted by Gasteiger charge is 2.39. The average molecular weight is 303 g/mol. The minimum absolute atomic E-state index is 0.247. The predicted molar refractivity (Wildman–Crippen MR) is 96.0 cm³/mol. The van der Waals surface area contributed by atoms with Crippen LogP contribution in [0.5, 0.6) is 0 Å². The Hall–Kier alpha value is -2.49. The molecule has 4 heteroatoms. The Morgan fingerprint density at radius 1 is 1.09 bits per heavy atom.